The molecule has 2 N–H and O–H groups in total. The molecule has 2 rings (SSSR count). The topological polar surface area (TPSA) is 81.6 Å². The third-order valence-electron chi connectivity index (χ3n) is 4.61. The Hall–Kier alpha value is -2.26. The van der Waals surface area contributed by atoms with Crippen LogP contribution in [0.15, 0.2) is 35.5 Å². The van der Waals surface area contributed by atoms with E-state index >= 15 is 0 Å². The van der Waals surface area contributed by atoms with Gasteiger partial charge in [-0.15, -0.1) is 0 Å². The summed E-state index contributed by atoms with van der Waals surface area (Å²) in [6.07, 6.45) is 0.754. The molecule has 0 bridgehead atoms. The molecule has 1 aromatic carbocycles. The van der Waals surface area contributed by atoms with Crippen molar-refractivity contribution in [3.8, 4) is 6.07 Å². The fourth-order valence-electron chi connectivity index (χ4n) is 2.36. The van der Waals surface area contributed by atoms with Gasteiger partial charge in [0.2, 0.25) is 5.91 Å². The number of hydrogen-bond acceptors (Lipinski definition) is 4. The Balaban J connectivity index is 2.03. The number of benzene rings is 1. The number of hydrogen-bond donors (Lipinski definition) is 2. The van der Waals surface area contributed by atoms with E-state index in [1.807, 2.05) is 45.9 Å². The summed E-state index contributed by atoms with van der Waals surface area (Å²) in [5.74, 6) is -0.136. The van der Waals surface area contributed by atoms with Crippen molar-refractivity contribution in [1.29, 1.82) is 5.26 Å². The van der Waals surface area contributed by atoms with Gasteiger partial charge in [-0.05, 0) is 32.3 Å². The van der Waals surface area contributed by atoms with Crippen LogP contribution in [0, 0.1) is 24.2 Å². The number of amides is 1. The van der Waals surface area contributed by atoms with E-state index in [1.165, 1.54) is 17.3 Å². The highest BCUT2D eigenvalue weighted by atomic mass is 32.2. The predicted octanol–water partition coefficient (Wildman–Crippen LogP) is 3.84. The molecule has 0 saturated heterocycles. The maximum absolute atomic E-state index is 12.5. The average molecular weight is 371 g/mol. The van der Waals surface area contributed by atoms with Gasteiger partial charge in [0.05, 0.1) is 17.0 Å². The van der Waals surface area contributed by atoms with E-state index in [2.05, 4.69) is 33.5 Å². The van der Waals surface area contributed by atoms with Crippen molar-refractivity contribution >= 4 is 17.7 Å². The highest BCUT2D eigenvalue weighted by Crippen LogP contribution is 2.24. The summed E-state index contributed by atoms with van der Waals surface area (Å²) in [5, 5.41) is 12.6. The quantitative estimate of drug-likeness (QED) is 0.726. The summed E-state index contributed by atoms with van der Waals surface area (Å²) >= 11 is 1.37. The van der Waals surface area contributed by atoms with Crippen LogP contribution in [0.5, 0.6) is 0 Å². The van der Waals surface area contributed by atoms with Crippen molar-refractivity contribution < 1.29 is 4.79 Å². The highest BCUT2D eigenvalue weighted by molar-refractivity contribution is 8.00. The van der Waals surface area contributed by atoms with Gasteiger partial charge in [-0.25, -0.2) is 4.98 Å². The number of aryl methyl sites for hydroxylation is 1. The van der Waals surface area contributed by atoms with Crippen molar-refractivity contribution in [3.63, 3.8) is 0 Å². The minimum Gasteiger partial charge on any atom is -0.337 e. The molecular weight excluding hydrogens is 344 g/mol. The molecule has 2 atom stereocenters. The maximum Gasteiger partial charge on any atom is 0.234 e. The summed E-state index contributed by atoms with van der Waals surface area (Å²) in [6, 6.07) is 12.4. The predicted molar refractivity (Wildman–Crippen MR) is 105 cm³/mol. The van der Waals surface area contributed by atoms with Crippen molar-refractivity contribution in [2.45, 2.75) is 57.0 Å². The summed E-state index contributed by atoms with van der Waals surface area (Å²) in [6.45, 7) is 9.42. The lowest BCUT2D eigenvalue weighted by Gasteiger charge is -2.28. The summed E-state index contributed by atoms with van der Waals surface area (Å²) in [5.41, 5.74) is 2.32. The molecule has 1 amide bonds. The van der Waals surface area contributed by atoms with Crippen molar-refractivity contribution in [2.24, 2.45) is 5.92 Å². The van der Waals surface area contributed by atoms with Gasteiger partial charge in [0, 0.05) is 12.1 Å². The molecule has 0 fully saturated rings. The van der Waals surface area contributed by atoms with Crippen LogP contribution >= 0.6 is 11.8 Å². The van der Waals surface area contributed by atoms with Crippen LogP contribution in [0.4, 0.5) is 0 Å². The van der Waals surface area contributed by atoms with Crippen molar-refractivity contribution in [1.82, 2.24) is 15.3 Å². The van der Waals surface area contributed by atoms with E-state index < -0.39 is 5.54 Å². The van der Waals surface area contributed by atoms with Crippen LogP contribution in [0.3, 0.4) is 0 Å². The van der Waals surface area contributed by atoms with Crippen molar-refractivity contribution in [3.05, 3.63) is 47.3 Å². The Morgan fingerprint density at radius 2 is 2.00 bits per heavy atom. The monoisotopic (exact) mass is 370 g/mol. The zero-order valence-electron chi connectivity index (χ0n) is 16.0. The number of aromatic amines is 1. The third kappa shape index (κ3) is 4.89. The molecule has 0 spiro atoms. The molecule has 5 nitrogen and oxygen atoms in total. The lowest BCUT2D eigenvalue weighted by atomic mass is 9.90. The fraction of sp³-hybridized carbons (Fsp3) is 0.450. The maximum atomic E-state index is 12.5. The molecule has 1 heterocycles. The molecule has 138 valence electrons. The van der Waals surface area contributed by atoms with Gasteiger partial charge in [-0.2, -0.15) is 5.26 Å². The molecule has 0 saturated carbocycles. The fourth-order valence-corrected chi connectivity index (χ4v) is 3.24. The third-order valence-corrected chi connectivity index (χ3v) is 5.59. The molecule has 26 heavy (non-hydrogen) atoms. The number of carbonyl (C=O) groups is 1. The van der Waals surface area contributed by atoms with Gasteiger partial charge in [-0.1, -0.05) is 55.9 Å². The first-order valence-electron chi connectivity index (χ1n) is 8.74. The summed E-state index contributed by atoms with van der Waals surface area (Å²) in [7, 11) is 0. The number of nitrogens with zero attached hydrogens (tertiary/aromatic N) is 2. The molecule has 0 aliphatic carbocycles. The van der Waals surface area contributed by atoms with E-state index in [-0.39, 0.29) is 17.1 Å². The Bertz CT molecular complexity index is 794. The van der Waals surface area contributed by atoms with Gasteiger partial charge >= 0.3 is 0 Å². The van der Waals surface area contributed by atoms with Crippen LogP contribution in [0.1, 0.15) is 44.6 Å². The summed E-state index contributed by atoms with van der Waals surface area (Å²) < 4.78 is 0. The van der Waals surface area contributed by atoms with E-state index in [4.69, 9.17) is 0 Å². The van der Waals surface area contributed by atoms with Crippen LogP contribution in [0.25, 0.3) is 0 Å². The SMILES string of the molecule is Cc1[nH]c(S[C@@H](C)C(=O)N[C@](C)(C#N)C(C)C)nc1Cc1ccccc1. The molecule has 2 aromatic rings. The zero-order chi connectivity index (χ0) is 19.3. The number of nitriles is 1. The standard InChI is InChI=1S/C20H26N4OS/c1-13(2)20(5,12-21)24-18(25)15(4)26-19-22-14(3)17(23-19)11-16-9-7-6-8-10-16/h6-10,13,15H,11H2,1-5H3,(H,22,23)(H,24,25)/t15-,20+/m0/s1. The van der Waals surface area contributed by atoms with Crippen LogP contribution in [-0.4, -0.2) is 26.7 Å². The Kier molecular flexibility index (Phi) is 6.49. The highest BCUT2D eigenvalue weighted by Gasteiger charge is 2.32. The Labute approximate surface area is 159 Å². The smallest absolute Gasteiger partial charge is 0.234 e. The van der Waals surface area contributed by atoms with Gasteiger partial charge in [-0.3, -0.25) is 4.79 Å². The van der Waals surface area contributed by atoms with Gasteiger partial charge in [0.15, 0.2) is 5.16 Å². The van der Waals surface area contributed by atoms with Crippen LogP contribution < -0.4 is 5.32 Å². The normalized spacial score (nSPS) is 14.5. The number of rotatable bonds is 7. The minimum atomic E-state index is -0.872. The van der Waals surface area contributed by atoms with Gasteiger partial charge < -0.3 is 10.3 Å². The van der Waals surface area contributed by atoms with E-state index in [0.29, 0.717) is 0 Å². The second-order valence-corrected chi connectivity index (χ2v) is 8.32. The van der Waals surface area contributed by atoms with Crippen LogP contribution in [-0.2, 0) is 11.2 Å². The number of H-pyrrole nitrogens is 1. The molecular formula is C20H26N4OS. The van der Waals surface area contributed by atoms with Crippen molar-refractivity contribution in [2.75, 3.05) is 0 Å². The lowest BCUT2D eigenvalue weighted by molar-refractivity contribution is -0.121. The molecule has 0 radical (unpaired) electrons. The summed E-state index contributed by atoms with van der Waals surface area (Å²) in [4.78, 5) is 20.4. The van der Waals surface area contributed by atoms with E-state index in [0.717, 1.165) is 23.0 Å². The van der Waals surface area contributed by atoms with Gasteiger partial charge in [0.25, 0.3) is 0 Å². The lowest BCUT2D eigenvalue weighted by Crippen LogP contribution is -2.51. The largest absolute Gasteiger partial charge is 0.337 e. The van der Waals surface area contributed by atoms with Gasteiger partial charge in [0.1, 0.15) is 5.54 Å². The first-order valence-corrected chi connectivity index (χ1v) is 9.62. The number of nitrogens with one attached hydrogen (secondary N) is 2. The Morgan fingerprint density at radius 1 is 1.35 bits per heavy atom. The second-order valence-electron chi connectivity index (χ2n) is 6.99. The van der Waals surface area contributed by atoms with E-state index in [9.17, 15) is 10.1 Å². The van der Waals surface area contributed by atoms with E-state index in [1.54, 1.807) is 6.92 Å². The first-order chi connectivity index (χ1) is 12.2. The Morgan fingerprint density at radius 3 is 2.58 bits per heavy atom. The minimum absolute atomic E-state index is 0.0250. The number of carbonyl (C=O) groups excluding carboxylic acids is 1. The zero-order valence-corrected chi connectivity index (χ0v) is 16.8. The average Bonchev–Trinajstić information content (AvgIpc) is 2.94. The first kappa shape index (κ1) is 20.1. The molecule has 0 aliphatic rings. The molecule has 6 heteroatoms. The second kappa shape index (κ2) is 8.41. The molecule has 1 aromatic heterocycles. The molecule has 0 aliphatic heterocycles. The molecule has 0 unspecified atom stereocenters. The van der Waals surface area contributed by atoms with Crippen LogP contribution in [0.2, 0.25) is 0 Å². The number of aromatic nitrogens is 2. The number of thioether (sulfide) groups is 1. The number of imidazole rings is 1.